The number of nitrogens with zero attached hydrogens (tertiary/aromatic N) is 2. The molecule has 2 aromatic rings. The monoisotopic (exact) mass is 403 g/mol. The number of nitrogens with one attached hydrogen (secondary N) is 1. The standard InChI is InChI=1S/C21H26ClN3O3/c1-15(12-16-6-8-17(9-7-16)28-14-21(26)23-2)25-10-11-27-19(13-25)18-4-3-5-20(22)24-18/h3-9,15,19H,10-14H2,1-2H3,(H,23,26). The van der Waals surface area contributed by atoms with Crippen LogP contribution < -0.4 is 10.1 Å². The molecule has 1 N–H and O–H groups in total. The van der Waals surface area contributed by atoms with Gasteiger partial charge in [0.1, 0.15) is 17.0 Å². The first-order valence-electron chi connectivity index (χ1n) is 9.45. The number of amides is 1. The average molecular weight is 404 g/mol. The van der Waals surface area contributed by atoms with E-state index in [0.29, 0.717) is 23.6 Å². The van der Waals surface area contributed by atoms with Crippen molar-refractivity contribution >= 4 is 17.5 Å². The van der Waals surface area contributed by atoms with Crippen molar-refractivity contribution in [1.29, 1.82) is 0 Å². The van der Waals surface area contributed by atoms with E-state index in [-0.39, 0.29) is 18.6 Å². The number of carbonyl (C=O) groups is 1. The highest BCUT2D eigenvalue weighted by molar-refractivity contribution is 6.29. The minimum absolute atomic E-state index is 0.0267. The lowest BCUT2D eigenvalue weighted by atomic mass is 10.0. The summed E-state index contributed by atoms with van der Waals surface area (Å²) in [6, 6.07) is 13.9. The Morgan fingerprint density at radius 1 is 1.36 bits per heavy atom. The van der Waals surface area contributed by atoms with Gasteiger partial charge in [0.2, 0.25) is 0 Å². The van der Waals surface area contributed by atoms with Gasteiger partial charge in [-0.1, -0.05) is 29.8 Å². The molecule has 0 radical (unpaired) electrons. The summed E-state index contributed by atoms with van der Waals surface area (Å²) in [5.41, 5.74) is 2.10. The van der Waals surface area contributed by atoms with Gasteiger partial charge in [-0.3, -0.25) is 9.69 Å². The van der Waals surface area contributed by atoms with E-state index in [0.717, 1.165) is 25.2 Å². The second-order valence-corrected chi connectivity index (χ2v) is 7.29. The molecular weight excluding hydrogens is 378 g/mol. The van der Waals surface area contributed by atoms with E-state index in [1.54, 1.807) is 13.1 Å². The first kappa shape index (κ1) is 20.6. The van der Waals surface area contributed by atoms with Gasteiger partial charge in [0.05, 0.1) is 12.3 Å². The summed E-state index contributed by atoms with van der Waals surface area (Å²) < 4.78 is 11.4. The Morgan fingerprint density at radius 2 is 2.14 bits per heavy atom. The third-order valence-corrected chi connectivity index (χ3v) is 5.10. The lowest BCUT2D eigenvalue weighted by Crippen LogP contribution is -2.44. The summed E-state index contributed by atoms with van der Waals surface area (Å²) >= 11 is 6.02. The lowest BCUT2D eigenvalue weighted by Gasteiger charge is -2.36. The van der Waals surface area contributed by atoms with Crippen molar-refractivity contribution < 1.29 is 14.3 Å². The van der Waals surface area contributed by atoms with E-state index in [4.69, 9.17) is 21.1 Å². The first-order valence-corrected chi connectivity index (χ1v) is 9.83. The van der Waals surface area contributed by atoms with Gasteiger partial charge in [0, 0.05) is 26.2 Å². The molecule has 1 aliphatic heterocycles. The Bertz CT molecular complexity index is 785. The molecule has 1 aliphatic rings. The highest BCUT2D eigenvalue weighted by Crippen LogP contribution is 2.24. The number of carbonyl (C=O) groups excluding carboxylic acids is 1. The van der Waals surface area contributed by atoms with Crippen LogP contribution in [-0.4, -0.2) is 55.2 Å². The SMILES string of the molecule is CNC(=O)COc1ccc(CC(C)N2CCOC(c3cccc(Cl)n3)C2)cc1. The predicted octanol–water partition coefficient (Wildman–Crippen LogP) is 2.86. The number of morpholine rings is 1. The van der Waals surface area contributed by atoms with E-state index in [1.165, 1.54) is 5.56 Å². The Balaban J connectivity index is 1.55. The third-order valence-electron chi connectivity index (χ3n) is 4.89. The number of hydrogen-bond donors (Lipinski definition) is 1. The van der Waals surface area contributed by atoms with Crippen LogP contribution in [0, 0.1) is 0 Å². The van der Waals surface area contributed by atoms with E-state index in [9.17, 15) is 4.79 Å². The zero-order valence-corrected chi connectivity index (χ0v) is 17.0. The van der Waals surface area contributed by atoms with E-state index >= 15 is 0 Å². The Hall–Kier alpha value is -2.15. The second kappa shape index (κ2) is 9.87. The summed E-state index contributed by atoms with van der Waals surface area (Å²) in [5.74, 6) is 0.548. The lowest BCUT2D eigenvalue weighted by molar-refractivity contribution is -0.122. The molecule has 7 heteroatoms. The largest absolute Gasteiger partial charge is 0.484 e. The fraction of sp³-hybridized carbons (Fsp3) is 0.429. The first-order chi connectivity index (χ1) is 13.5. The average Bonchev–Trinajstić information content (AvgIpc) is 2.73. The number of pyridine rings is 1. The molecule has 3 rings (SSSR count). The minimum atomic E-state index is -0.145. The zero-order valence-electron chi connectivity index (χ0n) is 16.2. The maximum Gasteiger partial charge on any atom is 0.257 e. The molecule has 1 amide bonds. The van der Waals surface area contributed by atoms with Crippen LogP contribution >= 0.6 is 11.6 Å². The Kier molecular flexibility index (Phi) is 7.25. The van der Waals surface area contributed by atoms with E-state index in [2.05, 4.69) is 22.1 Å². The van der Waals surface area contributed by atoms with Crippen LogP contribution in [0.4, 0.5) is 0 Å². The van der Waals surface area contributed by atoms with Gasteiger partial charge >= 0.3 is 0 Å². The maximum absolute atomic E-state index is 11.3. The minimum Gasteiger partial charge on any atom is -0.484 e. The number of ether oxygens (including phenoxy) is 2. The molecule has 1 fully saturated rings. The molecule has 2 unspecified atom stereocenters. The maximum atomic E-state index is 11.3. The number of rotatable bonds is 7. The van der Waals surface area contributed by atoms with Crippen molar-refractivity contribution in [3.05, 3.63) is 58.9 Å². The molecule has 0 spiro atoms. The van der Waals surface area contributed by atoms with Gasteiger partial charge in [-0.05, 0) is 43.2 Å². The molecule has 2 heterocycles. The third kappa shape index (κ3) is 5.67. The quantitative estimate of drug-likeness (QED) is 0.720. The summed E-state index contributed by atoms with van der Waals surface area (Å²) in [6.45, 7) is 4.62. The summed E-state index contributed by atoms with van der Waals surface area (Å²) in [5, 5.41) is 3.03. The Morgan fingerprint density at radius 3 is 2.86 bits per heavy atom. The normalized spacial score (nSPS) is 18.5. The van der Waals surface area contributed by atoms with Crippen molar-refractivity contribution in [2.75, 3.05) is 33.4 Å². The van der Waals surface area contributed by atoms with Gasteiger partial charge in [-0.25, -0.2) is 4.98 Å². The molecule has 1 saturated heterocycles. The number of likely N-dealkylation sites (N-methyl/N-ethyl adjacent to an activating group) is 1. The smallest absolute Gasteiger partial charge is 0.257 e. The van der Waals surface area contributed by atoms with Gasteiger partial charge in [0.15, 0.2) is 6.61 Å². The molecule has 6 nitrogen and oxygen atoms in total. The number of hydrogen-bond acceptors (Lipinski definition) is 5. The fourth-order valence-electron chi connectivity index (χ4n) is 3.26. The van der Waals surface area contributed by atoms with Crippen LogP contribution in [0.25, 0.3) is 0 Å². The van der Waals surface area contributed by atoms with E-state index in [1.807, 2.05) is 36.4 Å². The van der Waals surface area contributed by atoms with E-state index < -0.39 is 0 Å². The molecule has 0 saturated carbocycles. The van der Waals surface area contributed by atoms with Crippen molar-refractivity contribution in [1.82, 2.24) is 15.2 Å². The molecule has 0 bridgehead atoms. The van der Waals surface area contributed by atoms with Crippen molar-refractivity contribution in [2.24, 2.45) is 0 Å². The highest BCUT2D eigenvalue weighted by atomic mass is 35.5. The van der Waals surface area contributed by atoms with Crippen LogP contribution in [0.15, 0.2) is 42.5 Å². The molecule has 150 valence electrons. The molecule has 1 aromatic heterocycles. The summed E-state index contributed by atoms with van der Waals surface area (Å²) in [7, 11) is 1.59. The van der Waals surface area contributed by atoms with Crippen molar-refractivity contribution in [3.8, 4) is 5.75 Å². The fourth-order valence-corrected chi connectivity index (χ4v) is 3.44. The topological polar surface area (TPSA) is 63.7 Å². The summed E-state index contributed by atoms with van der Waals surface area (Å²) in [6.07, 6.45) is 0.862. The number of aromatic nitrogens is 1. The predicted molar refractivity (Wildman–Crippen MR) is 109 cm³/mol. The van der Waals surface area contributed by atoms with Crippen molar-refractivity contribution in [2.45, 2.75) is 25.5 Å². The van der Waals surface area contributed by atoms with Crippen LogP contribution in [0.5, 0.6) is 5.75 Å². The second-order valence-electron chi connectivity index (χ2n) is 6.90. The molecule has 0 aliphatic carbocycles. The van der Waals surface area contributed by atoms with Crippen LogP contribution in [0.2, 0.25) is 5.15 Å². The van der Waals surface area contributed by atoms with Gasteiger partial charge < -0.3 is 14.8 Å². The van der Waals surface area contributed by atoms with Crippen LogP contribution in [0.3, 0.4) is 0 Å². The highest BCUT2D eigenvalue weighted by Gasteiger charge is 2.26. The molecular formula is C21H26ClN3O3. The molecule has 1 aromatic carbocycles. The summed E-state index contributed by atoms with van der Waals surface area (Å²) in [4.78, 5) is 18.1. The van der Waals surface area contributed by atoms with Crippen molar-refractivity contribution in [3.63, 3.8) is 0 Å². The van der Waals surface area contributed by atoms with Gasteiger partial charge in [-0.15, -0.1) is 0 Å². The van der Waals surface area contributed by atoms with Crippen LogP contribution in [0.1, 0.15) is 24.3 Å². The van der Waals surface area contributed by atoms with Gasteiger partial charge in [0.25, 0.3) is 5.91 Å². The molecule has 28 heavy (non-hydrogen) atoms. The Labute approximate surface area is 170 Å². The van der Waals surface area contributed by atoms with Gasteiger partial charge in [-0.2, -0.15) is 0 Å². The van der Waals surface area contributed by atoms with Crippen LogP contribution in [-0.2, 0) is 16.0 Å². The number of benzene rings is 1. The number of halogens is 1. The zero-order chi connectivity index (χ0) is 19.9. The molecule has 2 atom stereocenters.